The zero-order chi connectivity index (χ0) is 23.9. The Bertz CT molecular complexity index is 1140. The smallest absolute Gasteiger partial charge is 0.227 e. The molecule has 0 radical (unpaired) electrons. The van der Waals surface area contributed by atoms with E-state index >= 15 is 0 Å². The van der Waals surface area contributed by atoms with Crippen molar-refractivity contribution in [2.24, 2.45) is 11.3 Å². The summed E-state index contributed by atoms with van der Waals surface area (Å²) >= 11 is 0. The van der Waals surface area contributed by atoms with Crippen LogP contribution in [0, 0.1) is 11.3 Å². The third-order valence-electron chi connectivity index (χ3n) is 7.61. The minimum absolute atomic E-state index is 0. The number of halogens is 1. The number of nitrogens with zero attached hydrogens (tertiary/aromatic N) is 4. The number of pyridine rings is 1. The van der Waals surface area contributed by atoms with Crippen LogP contribution in [0.1, 0.15) is 55.7 Å². The molecule has 2 atom stereocenters. The lowest BCUT2D eigenvalue weighted by molar-refractivity contribution is -0.127. The summed E-state index contributed by atoms with van der Waals surface area (Å²) in [7, 11) is 2.08. The molecule has 7 nitrogen and oxygen atoms in total. The maximum atomic E-state index is 12.4. The average molecular weight is 498 g/mol. The highest BCUT2D eigenvalue weighted by molar-refractivity contribution is 5.85. The van der Waals surface area contributed by atoms with Gasteiger partial charge in [-0.05, 0) is 55.6 Å². The molecule has 0 bridgehead atoms. The summed E-state index contributed by atoms with van der Waals surface area (Å²) in [6, 6.07) is 10.3. The molecule has 0 amide bonds. The summed E-state index contributed by atoms with van der Waals surface area (Å²) in [4.78, 5) is 11.4. The van der Waals surface area contributed by atoms with E-state index in [2.05, 4.69) is 77.4 Å². The highest BCUT2D eigenvalue weighted by atomic mass is 35.5. The molecular formula is C27H36ClN5O2. The van der Waals surface area contributed by atoms with Crippen molar-refractivity contribution in [1.29, 1.82) is 0 Å². The van der Waals surface area contributed by atoms with Crippen molar-refractivity contribution in [3.63, 3.8) is 0 Å². The Labute approximate surface area is 213 Å². The number of nitrogens with one attached hydrogen (secondary N) is 1. The average Bonchev–Trinajstić information content (AvgIpc) is 3.50. The second-order valence-corrected chi connectivity index (χ2v) is 10.8. The summed E-state index contributed by atoms with van der Waals surface area (Å²) < 4.78 is 5.55. The first-order valence-corrected chi connectivity index (χ1v) is 12.3. The van der Waals surface area contributed by atoms with Crippen LogP contribution in [0.4, 0.5) is 0 Å². The quantitative estimate of drug-likeness (QED) is 0.509. The van der Waals surface area contributed by atoms with Gasteiger partial charge in [-0.3, -0.25) is 4.98 Å². The van der Waals surface area contributed by atoms with E-state index in [9.17, 15) is 5.11 Å². The first-order chi connectivity index (χ1) is 16.3. The maximum Gasteiger partial charge on any atom is 0.227 e. The largest absolute Gasteiger partial charge is 0.380 e. The van der Waals surface area contributed by atoms with Crippen molar-refractivity contribution >= 4 is 12.4 Å². The van der Waals surface area contributed by atoms with Crippen molar-refractivity contribution in [2.45, 2.75) is 45.1 Å². The van der Waals surface area contributed by atoms with Crippen molar-refractivity contribution in [1.82, 2.24) is 25.3 Å². The molecule has 1 aromatic carbocycles. The summed E-state index contributed by atoms with van der Waals surface area (Å²) in [6.07, 6.45) is 5.43. The van der Waals surface area contributed by atoms with Crippen LogP contribution in [-0.2, 0) is 12.0 Å². The molecule has 2 aliphatic heterocycles. The second kappa shape index (κ2) is 9.97. The van der Waals surface area contributed by atoms with Crippen LogP contribution in [0.15, 0.2) is 47.2 Å². The molecule has 2 aliphatic rings. The molecule has 2 fully saturated rings. The van der Waals surface area contributed by atoms with Gasteiger partial charge >= 0.3 is 0 Å². The molecule has 0 spiro atoms. The lowest BCUT2D eigenvalue weighted by atomic mass is 9.62. The molecule has 2 saturated heterocycles. The summed E-state index contributed by atoms with van der Waals surface area (Å²) in [6.45, 7) is 10.1. The molecule has 8 heteroatoms. The van der Waals surface area contributed by atoms with E-state index < -0.39 is 5.60 Å². The Hall–Kier alpha value is -2.32. The van der Waals surface area contributed by atoms with Crippen LogP contribution in [0.2, 0.25) is 0 Å². The molecule has 0 saturated carbocycles. The first kappa shape index (κ1) is 25.8. The summed E-state index contributed by atoms with van der Waals surface area (Å²) in [5.74, 6) is 2.14. The van der Waals surface area contributed by atoms with Gasteiger partial charge in [0, 0.05) is 48.4 Å². The van der Waals surface area contributed by atoms with E-state index in [0.717, 1.165) is 55.7 Å². The lowest BCUT2D eigenvalue weighted by Crippen LogP contribution is -2.63. The highest BCUT2D eigenvalue weighted by Gasteiger charge is 2.55. The van der Waals surface area contributed by atoms with E-state index in [4.69, 9.17) is 4.52 Å². The van der Waals surface area contributed by atoms with Gasteiger partial charge in [0.25, 0.3) is 0 Å². The third-order valence-corrected chi connectivity index (χ3v) is 7.61. The van der Waals surface area contributed by atoms with Crippen LogP contribution >= 0.6 is 12.4 Å². The molecule has 4 heterocycles. The van der Waals surface area contributed by atoms with Gasteiger partial charge in [0.05, 0.1) is 0 Å². The molecule has 5 rings (SSSR count). The molecule has 188 valence electrons. The van der Waals surface area contributed by atoms with Gasteiger partial charge in [0.2, 0.25) is 11.7 Å². The van der Waals surface area contributed by atoms with Gasteiger partial charge in [-0.1, -0.05) is 50.2 Å². The molecule has 2 unspecified atom stereocenters. The van der Waals surface area contributed by atoms with E-state index in [-0.39, 0.29) is 17.8 Å². The fourth-order valence-corrected chi connectivity index (χ4v) is 5.70. The van der Waals surface area contributed by atoms with Gasteiger partial charge in [-0.15, -0.1) is 12.4 Å². The lowest BCUT2D eigenvalue weighted by Gasteiger charge is -2.55. The van der Waals surface area contributed by atoms with Crippen LogP contribution in [-0.4, -0.2) is 58.4 Å². The van der Waals surface area contributed by atoms with E-state index in [1.807, 2.05) is 6.07 Å². The van der Waals surface area contributed by atoms with Gasteiger partial charge in [-0.25, -0.2) is 0 Å². The van der Waals surface area contributed by atoms with Crippen molar-refractivity contribution in [2.75, 3.05) is 33.2 Å². The Morgan fingerprint density at radius 3 is 2.57 bits per heavy atom. The molecule has 2 aromatic heterocycles. The van der Waals surface area contributed by atoms with Crippen LogP contribution in [0.5, 0.6) is 0 Å². The van der Waals surface area contributed by atoms with Gasteiger partial charge < -0.3 is 19.8 Å². The molecule has 2 N–H and O–H groups in total. The number of benzene rings is 1. The zero-order valence-corrected chi connectivity index (χ0v) is 21.8. The van der Waals surface area contributed by atoms with Crippen LogP contribution in [0.25, 0.3) is 11.4 Å². The fourth-order valence-electron chi connectivity index (χ4n) is 5.70. The minimum atomic E-state index is -1.19. The predicted octanol–water partition coefficient (Wildman–Crippen LogP) is 4.02. The molecule has 35 heavy (non-hydrogen) atoms. The fraction of sp³-hybridized carbons (Fsp3) is 0.519. The van der Waals surface area contributed by atoms with Crippen molar-refractivity contribution in [3.05, 3.63) is 65.3 Å². The number of hydrogen-bond donors (Lipinski definition) is 2. The Morgan fingerprint density at radius 2 is 1.94 bits per heavy atom. The van der Waals surface area contributed by atoms with Gasteiger partial charge in [-0.2, -0.15) is 4.98 Å². The molecular weight excluding hydrogens is 462 g/mol. The van der Waals surface area contributed by atoms with Crippen molar-refractivity contribution in [3.8, 4) is 11.4 Å². The zero-order valence-electron chi connectivity index (χ0n) is 21.0. The van der Waals surface area contributed by atoms with Crippen LogP contribution in [0.3, 0.4) is 0 Å². The Balaban J connectivity index is 0.00000289. The second-order valence-electron chi connectivity index (χ2n) is 10.8. The van der Waals surface area contributed by atoms with Crippen molar-refractivity contribution < 1.29 is 9.63 Å². The standard InChI is InChI=1S/C27H35N5O2.ClH/c1-18(2)20-5-7-22(8-6-20)27(33,26(3)16-32(4)17-26)23-12-21(14-29-15-23)25-30-24(34-31-25)11-19-9-10-28-13-19;/h5-8,12,14-15,18-19,28,33H,9-11,13,16-17H2,1-4H3;1H. The number of rotatable bonds is 7. The van der Waals surface area contributed by atoms with Gasteiger partial charge in [0.15, 0.2) is 0 Å². The van der Waals surface area contributed by atoms with E-state index in [0.29, 0.717) is 23.6 Å². The SMILES string of the molecule is CC(C)c1ccc(C(O)(c2cncc(-c3noc(CC4CCNC4)n3)c2)C2(C)CN(C)C2)cc1.Cl. The molecule has 3 aromatic rings. The number of aromatic nitrogens is 3. The first-order valence-electron chi connectivity index (χ1n) is 12.3. The molecule has 0 aliphatic carbocycles. The number of likely N-dealkylation sites (tertiary alicyclic amines) is 1. The summed E-state index contributed by atoms with van der Waals surface area (Å²) in [5, 5.41) is 20.0. The summed E-state index contributed by atoms with van der Waals surface area (Å²) in [5.41, 5.74) is 2.11. The van der Waals surface area contributed by atoms with Crippen LogP contribution < -0.4 is 5.32 Å². The normalized spacial score (nSPS) is 21.4. The number of hydrogen-bond acceptors (Lipinski definition) is 7. The monoisotopic (exact) mass is 497 g/mol. The Kier molecular flexibility index (Phi) is 7.34. The maximum absolute atomic E-state index is 12.4. The topological polar surface area (TPSA) is 87.3 Å². The highest BCUT2D eigenvalue weighted by Crippen LogP contribution is 2.50. The third kappa shape index (κ3) is 4.75. The Morgan fingerprint density at radius 1 is 1.20 bits per heavy atom. The van der Waals surface area contributed by atoms with E-state index in [1.54, 1.807) is 12.4 Å². The number of aliphatic hydroxyl groups is 1. The van der Waals surface area contributed by atoms with Gasteiger partial charge in [0.1, 0.15) is 5.60 Å². The predicted molar refractivity (Wildman–Crippen MR) is 139 cm³/mol. The minimum Gasteiger partial charge on any atom is -0.380 e. The van der Waals surface area contributed by atoms with E-state index in [1.165, 1.54) is 5.56 Å².